The smallest absolute Gasteiger partial charge is 0.170 e. The van der Waals surface area contributed by atoms with Crippen molar-refractivity contribution in [3.05, 3.63) is 35.5 Å². The van der Waals surface area contributed by atoms with Crippen molar-refractivity contribution < 1.29 is 9.26 Å². The van der Waals surface area contributed by atoms with Crippen molar-refractivity contribution in [2.24, 2.45) is 5.73 Å². The van der Waals surface area contributed by atoms with Crippen LogP contribution in [0.5, 0.6) is 5.75 Å². The second kappa shape index (κ2) is 5.67. The maximum absolute atomic E-state index is 5.62. The number of hydrogen-bond acceptors (Lipinski definition) is 4. The Morgan fingerprint density at radius 3 is 2.65 bits per heavy atom. The third-order valence-electron chi connectivity index (χ3n) is 3.33. The van der Waals surface area contributed by atoms with Crippen LogP contribution in [0.3, 0.4) is 0 Å². The number of nitrogens with zero attached hydrogens (tertiary/aromatic N) is 1. The number of rotatable bonds is 4. The summed E-state index contributed by atoms with van der Waals surface area (Å²) in [6.07, 6.45) is 2.50. The van der Waals surface area contributed by atoms with Gasteiger partial charge in [0.15, 0.2) is 5.76 Å². The summed E-state index contributed by atoms with van der Waals surface area (Å²) in [6, 6.07) is 6.08. The van der Waals surface area contributed by atoms with E-state index in [0.717, 1.165) is 34.6 Å². The molecule has 0 saturated carbocycles. The summed E-state index contributed by atoms with van der Waals surface area (Å²) in [6.45, 7) is 7.07. The summed E-state index contributed by atoms with van der Waals surface area (Å²) in [5, 5.41) is 3.89. The normalized spacial score (nSPS) is 11.7. The zero-order valence-corrected chi connectivity index (χ0v) is 12.6. The zero-order valence-electron chi connectivity index (χ0n) is 12.6. The first kappa shape index (κ1) is 14.6. The molecule has 0 saturated heterocycles. The molecule has 0 amide bonds. The van der Waals surface area contributed by atoms with E-state index in [4.69, 9.17) is 15.0 Å². The fraction of sp³-hybridized carbons (Fsp3) is 0.438. The number of nitrogens with two attached hydrogens (primary N) is 1. The van der Waals surface area contributed by atoms with Gasteiger partial charge in [0.05, 0.1) is 13.3 Å². The second-order valence-electron chi connectivity index (χ2n) is 5.88. The molecule has 1 aromatic carbocycles. The number of hydrogen-bond donors (Lipinski definition) is 1. The van der Waals surface area contributed by atoms with E-state index in [1.807, 2.05) is 12.1 Å². The molecule has 0 atom stereocenters. The highest BCUT2D eigenvalue weighted by atomic mass is 16.5. The Morgan fingerprint density at radius 2 is 2.05 bits per heavy atom. The van der Waals surface area contributed by atoms with E-state index >= 15 is 0 Å². The molecule has 1 heterocycles. The molecule has 0 spiro atoms. The van der Waals surface area contributed by atoms with Gasteiger partial charge in [-0.3, -0.25) is 0 Å². The topological polar surface area (TPSA) is 61.3 Å². The fourth-order valence-corrected chi connectivity index (χ4v) is 2.27. The van der Waals surface area contributed by atoms with Crippen LogP contribution in [0.15, 0.2) is 28.9 Å². The summed E-state index contributed by atoms with van der Waals surface area (Å²) >= 11 is 0. The van der Waals surface area contributed by atoms with Crippen molar-refractivity contribution in [2.75, 3.05) is 13.7 Å². The second-order valence-corrected chi connectivity index (χ2v) is 5.88. The first-order valence-electron chi connectivity index (χ1n) is 6.80. The molecule has 0 bridgehead atoms. The molecule has 1 aromatic heterocycles. The SMILES string of the molecule is COc1ccc(-c2oncc2CCN)cc1C(C)(C)C. The number of methoxy groups -OCH3 is 1. The van der Waals surface area contributed by atoms with E-state index in [2.05, 4.69) is 32.0 Å². The molecular formula is C16H22N2O2. The van der Waals surface area contributed by atoms with Crippen LogP contribution in [-0.4, -0.2) is 18.8 Å². The monoisotopic (exact) mass is 274 g/mol. The van der Waals surface area contributed by atoms with Gasteiger partial charge < -0.3 is 15.0 Å². The molecule has 0 aliphatic rings. The van der Waals surface area contributed by atoms with Gasteiger partial charge in [-0.2, -0.15) is 0 Å². The highest BCUT2D eigenvalue weighted by Crippen LogP contribution is 2.35. The average molecular weight is 274 g/mol. The van der Waals surface area contributed by atoms with Crippen LogP contribution in [-0.2, 0) is 11.8 Å². The minimum Gasteiger partial charge on any atom is -0.496 e. The lowest BCUT2D eigenvalue weighted by Crippen LogP contribution is -2.13. The van der Waals surface area contributed by atoms with Crippen LogP contribution in [0.1, 0.15) is 31.9 Å². The lowest BCUT2D eigenvalue weighted by atomic mass is 9.85. The molecule has 2 N–H and O–H groups in total. The van der Waals surface area contributed by atoms with Crippen LogP contribution < -0.4 is 10.5 Å². The van der Waals surface area contributed by atoms with Gasteiger partial charge in [-0.25, -0.2) is 0 Å². The minimum absolute atomic E-state index is 0.00456. The van der Waals surface area contributed by atoms with E-state index in [1.54, 1.807) is 13.3 Å². The lowest BCUT2D eigenvalue weighted by Gasteiger charge is -2.22. The van der Waals surface area contributed by atoms with Gasteiger partial charge in [-0.05, 0) is 36.6 Å². The average Bonchev–Trinajstić information content (AvgIpc) is 2.85. The van der Waals surface area contributed by atoms with E-state index in [1.165, 1.54) is 0 Å². The third kappa shape index (κ3) is 2.85. The predicted octanol–water partition coefficient (Wildman–Crippen LogP) is 3.15. The quantitative estimate of drug-likeness (QED) is 0.930. The predicted molar refractivity (Wildman–Crippen MR) is 79.9 cm³/mol. The molecule has 0 fully saturated rings. The zero-order chi connectivity index (χ0) is 14.8. The maximum Gasteiger partial charge on any atom is 0.170 e. The van der Waals surface area contributed by atoms with Crippen molar-refractivity contribution in [2.45, 2.75) is 32.6 Å². The van der Waals surface area contributed by atoms with E-state index in [0.29, 0.717) is 6.54 Å². The minimum atomic E-state index is -0.00456. The van der Waals surface area contributed by atoms with Gasteiger partial charge in [-0.15, -0.1) is 0 Å². The highest BCUT2D eigenvalue weighted by Gasteiger charge is 2.21. The standard InChI is InChI=1S/C16H22N2O2/c1-16(2,3)13-9-11(5-6-14(13)19-4)15-12(7-8-17)10-18-20-15/h5-6,9-10H,7-8,17H2,1-4H3. The van der Waals surface area contributed by atoms with Crippen LogP contribution in [0.4, 0.5) is 0 Å². The van der Waals surface area contributed by atoms with Crippen molar-refractivity contribution >= 4 is 0 Å². The van der Waals surface area contributed by atoms with Gasteiger partial charge in [0, 0.05) is 16.7 Å². The van der Waals surface area contributed by atoms with Crippen molar-refractivity contribution in [3.63, 3.8) is 0 Å². The molecule has 0 radical (unpaired) electrons. The van der Waals surface area contributed by atoms with Gasteiger partial charge in [0.25, 0.3) is 0 Å². The van der Waals surface area contributed by atoms with Crippen molar-refractivity contribution in [1.82, 2.24) is 5.16 Å². The van der Waals surface area contributed by atoms with Crippen molar-refractivity contribution in [3.8, 4) is 17.1 Å². The van der Waals surface area contributed by atoms with E-state index in [9.17, 15) is 0 Å². The van der Waals surface area contributed by atoms with Crippen LogP contribution in [0.2, 0.25) is 0 Å². The molecule has 0 aliphatic heterocycles. The molecule has 4 nitrogen and oxygen atoms in total. The Balaban J connectivity index is 2.50. The van der Waals surface area contributed by atoms with Gasteiger partial charge in [0.2, 0.25) is 0 Å². The summed E-state index contributed by atoms with van der Waals surface area (Å²) in [5.41, 5.74) is 8.81. The van der Waals surface area contributed by atoms with E-state index in [-0.39, 0.29) is 5.41 Å². The number of aromatic nitrogens is 1. The largest absolute Gasteiger partial charge is 0.496 e. The molecule has 108 valence electrons. The van der Waals surface area contributed by atoms with Gasteiger partial charge in [-0.1, -0.05) is 25.9 Å². The molecule has 0 unspecified atom stereocenters. The summed E-state index contributed by atoms with van der Waals surface area (Å²) in [7, 11) is 1.69. The summed E-state index contributed by atoms with van der Waals surface area (Å²) in [4.78, 5) is 0. The maximum atomic E-state index is 5.62. The van der Waals surface area contributed by atoms with Crippen LogP contribution >= 0.6 is 0 Å². The molecular weight excluding hydrogens is 252 g/mol. The van der Waals surface area contributed by atoms with Crippen LogP contribution in [0.25, 0.3) is 11.3 Å². The molecule has 4 heteroatoms. The Bertz CT molecular complexity index is 582. The fourth-order valence-electron chi connectivity index (χ4n) is 2.27. The van der Waals surface area contributed by atoms with Crippen molar-refractivity contribution in [1.29, 1.82) is 0 Å². The molecule has 2 aromatic rings. The third-order valence-corrected chi connectivity index (χ3v) is 3.33. The molecule has 0 aliphatic carbocycles. The Labute approximate surface area is 119 Å². The molecule has 20 heavy (non-hydrogen) atoms. The summed E-state index contributed by atoms with van der Waals surface area (Å²) < 4.78 is 10.9. The van der Waals surface area contributed by atoms with Crippen LogP contribution in [0, 0.1) is 0 Å². The van der Waals surface area contributed by atoms with Gasteiger partial charge >= 0.3 is 0 Å². The lowest BCUT2D eigenvalue weighted by molar-refractivity contribution is 0.397. The summed E-state index contributed by atoms with van der Waals surface area (Å²) in [5.74, 6) is 1.68. The molecule has 2 rings (SSSR count). The van der Waals surface area contributed by atoms with E-state index < -0.39 is 0 Å². The Morgan fingerprint density at radius 1 is 1.30 bits per heavy atom. The first-order valence-corrected chi connectivity index (χ1v) is 6.80. The Kier molecular flexibility index (Phi) is 4.14. The Hall–Kier alpha value is -1.81. The highest BCUT2D eigenvalue weighted by molar-refractivity contribution is 5.64. The van der Waals surface area contributed by atoms with Gasteiger partial charge in [0.1, 0.15) is 5.75 Å². The first-order chi connectivity index (χ1) is 9.47. The number of ether oxygens (including phenoxy) is 1. The number of benzene rings is 1.